The van der Waals surface area contributed by atoms with Crippen molar-refractivity contribution in [2.45, 2.75) is 13.0 Å². The summed E-state index contributed by atoms with van der Waals surface area (Å²) < 4.78 is 4.92. The van der Waals surface area contributed by atoms with Crippen LogP contribution in [0.4, 0.5) is 6.01 Å². The number of hydrogen-bond donors (Lipinski definition) is 1. The number of carbonyl (C=O) groups excluding carboxylic acids is 1. The number of benzene rings is 1. The Labute approximate surface area is 180 Å². The second-order valence-corrected chi connectivity index (χ2v) is 8.00. The van der Waals surface area contributed by atoms with Gasteiger partial charge in [0.2, 0.25) is 0 Å². The third-order valence-corrected chi connectivity index (χ3v) is 5.71. The molecule has 0 amide bonds. The number of nitrogens with two attached hydrogens (primary N) is 1. The quantitative estimate of drug-likeness (QED) is 0.607. The first-order valence-corrected chi connectivity index (χ1v) is 10.2. The number of nitrogens with zero attached hydrogens (tertiary/aromatic N) is 4. The largest absolute Gasteiger partial charge is 0.432 e. The Kier molecular flexibility index (Phi) is 6.13. The van der Waals surface area contributed by atoms with Crippen molar-refractivity contribution in [2.24, 2.45) is 0 Å². The summed E-state index contributed by atoms with van der Waals surface area (Å²) in [6.07, 6.45) is 3.25. The maximum Gasteiger partial charge on any atom is 0.292 e. The van der Waals surface area contributed by atoms with Crippen LogP contribution in [0.5, 0.6) is 0 Å². The van der Waals surface area contributed by atoms with E-state index in [-0.39, 0.29) is 23.9 Å². The van der Waals surface area contributed by atoms with E-state index < -0.39 is 0 Å². The summed E-state index contributed by atoms with van der Waals surface area (Å²) >= 11 is 6.32. The van der Waals surface area contributed by atoms with Gasteiger partial charge in [-0.2, -0.15) is 4.98 Å². The number of halogens is 1. The molecule has 8 heteroatoms. The van der Waals surface area contributed by atoms with Gasteiger partial charge < -0.3 is 15.1 Å². The Morgan fingerprint density at radius 2 is 1.93 bits per heavy atom. The molecule has 3 heterocycles. The standard InChI is InChI=1S/C22H24ClN5O2/c1-27-6-8-28(9-7-27)13-18-4-2-16(12-25-18)15-3-5-19(23)17(10-15)11-21(29)20-14-30-22(24)26-20/h2-5,10,12,14H,6-9,11,13H2,1H3,(H2,24,26). The molecular formula is C22H24ClN5O2. The van der Waals surface area contributed by atoms with E-state index >= 15 is 0 Å². The van der Waals surface area contributed by atoms with Crippen LogP contribution in [0.1, 0.15) is 21.7 Å². The maximum absolute atomic E-state index is 12.4. The van der Waals surface area contributed by atoms with E-state index in [2.05, 4.69) is 38.9 Å². The first-order chi connectivity index (χ1) is 14.5. The molecule has 0 spiro atoms. The number of piperazine rings is 1. The van der Waals surface area contributed by atoms with Crippen LogP contribution < -0.4 is 5.73 Å². The van der Waals surface area contributed by atoms with Crippen LogP contribution in [-0.2, 0) is 13.0 Å². The van der Waals surface area contributed by atoms with Crippen LogP contribution in [0.2, 0.25) is 5.02 Å². The van der Waals surface area contributed by atoms with Gasteiger partial charge in [0.1, 0.15) is 12.0 Å². The van der Waals surface area contributed by atoms with Crippen LogP contribution in [-0.4, -0.2) is 58.8 Å². The van der Waals surface area contributed by atoms with Crippen LogP contribution in [0.25, 0.3) is 11.1 Å². The molecule has 1 fully saturated rings. The molecule has 4 rings (SSSR count). The average molecular weight is 426 g/mol. The van der Waals surface area contributed by atoms with Gasteiger partial charge in [-0.15, -0.1) is 0 Å². The van der Waals surface area contributed by atoms with E-state index in [1.54, 1.807) is 6.07 Å². The lowest BCUT2D eigenvalue weighted by atomic mass is 10.0. The monoisotopic (exact) mass is 425 g/mol. The van der Waals surface area contributed by atoms with Gasteiger partial charge in [-0.1, -0.05) is 23.7 Å². The molecule has 0 aliphatic carbocycles. The molecule has 1 saturated heterocycles. The van der Waals surface area contributed by atoms with Crippen LogP contribution in [0.3, 0.4) is 0 Å². The van der Waals surface area contributed by atoms with Crippen molar-refractivity contribution >= 4 is 23.4 Å². The van der Waals surface area contributed by atoms with Crippen molar-refractivity contribution in [2.75, 3.05) is 39.0 Å². The number of ketones is 1. The molecule has 0 unspecified atom stereocenters. The number of hydrogen-bond acceptors (Lipinski definition) is 7. The predicted octanol–water partition coefficient (Wildman–Crippen LogP) is 3.15. The third kappa shape index (κ3) is 4.87. The van der Waals surface area contributed by atoms with Crippen molar-refractivity contribution in [1.82, 2.24) is 19.8 Å². The van der Waals surface area contributed by atoms with E-state index in [9.17, 15) is 4.79 Å². The van der Waals surface area contributed by atoms with Gasteiger partial charge >= 0.3 is 0 Å². The van der Waals surface area contributed by atoms with E-state index in [1.165, 1.54) is 6.26 Å². The Bertz CT molecular complexity index is 1030. The molecule has 0 bridgehead atoms. The second kappa shape index (κ2) is 8.95. The summed E-state index contributed by atoms with van der Waals surface area (Å²) in [5, 5.41) is 0.531. The SMILES string of the molecule is CN1CCN(Cc2ccc(-c3ccc(Cl)c(CC(=O)c4coc(N)n4)c3)cn2)CC1. The number of pyridine rings is 1. The Balaban J connectivity index is 1.46. The molecular weight excluding hydrogens is 402 g/mol. The predicted molar refractivity (Wildman–Crippen MR) is 116 cm³/mol. The van der Waals surface area contributed by atoms with Gasteiger partial charge in [0.25, 0.3) is 6.01 Å². The molecule has 1 aliphatic rings. The van der Waals surface area contributed by atoms with Crippen molar-refractivity contribution in [1.29, 1.82) is 0 Å². The van der Waals surface area contributed by atoms with Crippen LogP contribution >= 0.6 is 11.6 Å². The second-order valence-electron chi connectivity index (χ2n) is 7.59. The topological polar surface area (TPSA) is 88.5 Å². The lowest BCUT2D eigenvalue weighted by molar-refractivity contribution is 0.0988. The Morgan fingerprint density at radius 1 is 1.17 bits per heavy atom. The number of aromatic nitrogens is 2. The molecule has 1 aliphatic heterocycles. The van der Waals surface area contributed by atoms with Gasteiger partial charge in [0, 0.05) is 55.9 Å². The molecule has 7 nitrogen and oxygen atoms in total. The van der Waals surface area contributed by atoms with Crippen molar-refractivity contribution in [3.8, 4) is 11.1 Å². The zero-order valence-corrected chi connectivity index (χ0v) is 17.6. The van der Waals surface area contributed by atoms with Crippen LogP contribution in [0, 0.1) is 0 Å². The summed E-state index contributed by atoms with van der Waals surface area (Å²) in [6.45, 7) is 5.16. The highest BCUT2D eigenvalue weighted by atomic mass is 35.5. The summed E-state index contributed by atoms with van der Waals surface area (Å²) in [5.74, 6) is -0.199. The van der Waals surface area contributed by atoms with Gasteiger partial charge in [0.05, 0.1) is 5.69 Å². The van der Waals surface area contributed by atoms with Gasteiger partial charge in [-0.25, -0.2) is 0 Å². The molecule has 30 heavy (non-hydrogen) atoms. The number of carbonyl (C=O) groups is 1. The van der Waals surface area contributed by atoms with Crippen LogP contribution in [0.15, 0.2) is 47.2 Å². The number of nitrogen functional groups attached to an aromatic ring is 1. The zero-order valence-electron chi connectivity index (χ0n) is 16.8. The minimum absolute atomic E-state index is 0.0269. The minimum atomic E-state index is -0.199. The molecule has 0 saturated carbocycles. The summed E-state index contributed by atoms with van der Waals surface area (Å²) in [4.78, 5) is 25.7. The first-order valence-electron chi connectivity index (χ1n) is 9.87. The fourth-order valence-electron chi connectivity index (χ4n) is 3.49. The van der Waals surface area contributed by atoms with Gasteiger partial charge in [0.15, 0.2) is 5.78 Å². The van der Waals surface area contributed by atoms with Crippen molar-refractivity contribution in [3.05, 3.63) is 64.8 Å². The number of rotatable bonds is 6. The Hall–Kier alpha value is -2.74. The smallest absolute Gasteiger partial charge is 0.292 e. The molecule has 0 atom stereocenters. The molecule has 0 radical (unpaired) electrons. The molecule has 3 aromatic rings. The van der Waals surface area contributed by atoms with Gasteiger partial charge in [-0.3, -0.25) is 14.7 Å². The molecule has 1 aromatic carbocycles. The highest BCUT2D eigenvalue weighted by molar-refractivity contribution is 6.31. The summed E-state index contributed by atoms with van der Waals surface area (Å²) in [6, 6.07) is 9.74. The summed E-state index contributed by atoms with van der Waals surface area (Å²) in [5.41, 5.74) is 9.36. The highest BCUT2D eigenvalue weighted by Gasteiger charge is 2.16. The fourth-order valence-corrected chi connectivity index (χ4v) is 3.68. The summed E-state index contributed by atoms with van der Waals surface area (Å²) in [7, 11) is 2.15. The molecule has 2 aromatic heterocycles. The van der Waals surface area contributed by atoms with E-state index in [0.29, 0.717) is 5.02 Å². The molecule has 2 N–H and O–H groups in total. The van der Waals surface area contributed by atoms with Crippen molar-refractivity contribution < 1.29 is 9.21 Å². The fraction of sp³-hybridized carbons (Fsp3) is 0.318. The van der Waals surface area contributed by atoms with Gasteiger partial charge in [-0.05, 0) is 36.4 Å². The highest BCUT2D eigenvalue weighted by Crippen LogP contribution is 2.26. The number of Topliss-reactive ketones (excluding diaryl/α,β-unsaturated/α-hetero) is 1. The number of likely N-dealkylation sites (N-methyl/N-ethyl adjacent to an activating group) is 1. The zero-order chi connectivity index (χ0) is 21.1. The number of anilines is 1. The Morgan fingerprint density at radius 3 is 2.60 bits per heavy atom. The third-order valence-electron chi connectivity index (χ3n) is 5.34. The lowest BCUT2D eigenvalue weighted by Gasteiger charge is -2.32. The number of oxazole rings is 1. The van der Waals surface area contributed by atoms with E-state index in [4.69, 9.17) is 21.8 Å². The lowest BCUT2D eigenvalue weighted by Crippen LogP contribution is -2.43. The van der Waals surface area contributed by atoms with E-state index in [0.717, 1.165) is 55.1 Å². The minimum Gasteiger partial charge on any atom is -0.432 e. The molecule has 156 valence electrons. The van der Waals surface area contributed by atoms with Crippen molar-refractivity contribution in [3.63, 3.8) is 0 Å². The van der Waals surface area contributed by atoms with E-state index in [1.807, 2.05) is 18.3 Å². The first kappa shape index (κ1) is 20.5. The maximum atomic E-state index is 12.4. The average Bonchev–Trinajstić information content (AvgIpc) is 3.18. The normalized spacial score (nSPS) is 15.4.